The van der Waals surface area contributed by atoms with E-state index < -0.39 is 0 Å². The van der Waals surface area contributed by atoms with E-state index in [-0.39, 0.29) is 19.0 Å². The second-order valence-corrected chi connectivity index (χ2v) is 5.58. The summed E-state index contributed by atoms with van der Waals surface area (Å²) in [6.45, 7) is 10.9. The maximum Gasteiger partial charge on any atom is 0.102 e. The van der Waals surface area contributed by atoms with Crippen LogP contribution in [0.1, 0.15) is 12.5 Å². The number of halogens is 1. The van der Waals surface area contributed by atoms with Gasteiger partial charge in [0.2, 0.25) is 0 Å². The summed E-state index contributed by atoms with van der Waals surface area (Å²) < 4.78 is 1.04. The Labute approximate surface area is 128 Å². The number of piperazine rings is 1. The van der Waals surface area contributed by atoms with Crippen molar-refractivity contribution in [3.05, 3.63) is 23.8 Å². The lowest BCUT2D eigenvalue weighted by Gasteiger charge is -2.44. The first-order valence-electron chi connectivity index (χ1n) is 7.17. The minimum Gasteiger partial charge on any atom is -1.00 e. The van der Waals surface area contributed by atoms with Gasteiger partial charge in [-0.3, -0.25) is 0 Å². The van der Waals surface area contributed by atoms with E-state index in [4.69, 9.17) is 5.73 Å². The van der Waals surface area contributed by atoms with E-state index in [9.17, 15) is 5.11 Å². The lowest BCUT2D eigenvalue weighted by atomic mass is 10.1. The summed E-state index contributed by atoms with van der Waals surface area (Å²) in [5, 5.41) is 9.22. The minimum atomic E-state index is 0. The Morgan fingerprint density at radius 1 is 1.30 bits per heavy atom. The molecule has 1 aromatic rings. The first-order chi connectivity index (χ1) is 9.10. The van der Waals surface area contributed by atoms with Crippen molar-refractivity contribution >= 4 is 11.4 Å². The Morgan fingerprint density at radius 2 is 1.95 bits per heavy atom. The third-order valence-corrected chi connectivity index (χ3v) is 4.55. The van der Waals surface area contributed by atoms with Crippen molar-refractivity contribution in [2.24, 2.45) is 0 Å². The highest BCUT2D eigenvalue weighted by molar-refractivity contribution is 5.58. The number of aryl methyl sites for hydroxylation is 1. The first kappa shape index (κ1) is 17.1. The first-order valence-corrected chi connectivity index (χ1v) is 7.17. The van der Waals surface area contributed by atoms with Crippen LogP contribution in [0.2, 0.25) is 0 Å². The smallest absolute Gasteiger partial charge is 0.102 e. The number of benzene rings is 1. The zero-order valence-corrected chi connectivity index (χ0v) is 13.2. The van der Waals surface area contributed by atoms with Crippen LogP contribution in [0.5, 0.6) is 0 Å². The van der Waals surface area contributed by atoms with Crippen molar-refractivity contribution in [1.82, 2.24) is 0 Å². The molecule has 0 unspecified atom stereocenters. The standard InChI is InChI=1S/C15H26N3O.ClH/c1-3-18(10-11-19)8-6-17(7-9-18)14-4-5-15(16)13(2)12-14;/h4-5,12,19H,3,6-11,16H2,1-2H3;1H/q+1;/p-1. The molecule has 0 spiro atoms. The fraction of sp³-hybridized carbons (Fsp3) is 0.600. The van der Waals surface area contributed by atoms with Crippen LogP contribution in [0, 0.1) is 6.92 Å². The fourth-order valence-electron chi connectivity index (χ4n) is 2.91. The van der Waals surface area contributed by atoms with Crippen LogP contribution in [0.15, 0.2) is 18.2 Å². The largest absolute Gasteiger partial charge is 1.00 e. The zero-order chi connectivity index (χ0) is 13.9. The number of anilines is 2. The molecule has 5 heteroatoms. The van der Waals surface area contributed by atoms with E-state index >= 15 is 0 Å². The lowest BCUT2D eigenvalue weighted by Crippen LogP contribution is -3.00. The van der Waals surface area contributed by atoms with Crippen LogP contribution in [-0.2, 0) is 0 Å². The summed E-state index contributed by atoms with van der Waals surface area (Å²) in [6, 6.07) is 6.28. The van der Waals surface area contributed by atoms with Crippen molar-refractivity contribution in [1.29, 1.82) is 0 Å². The third-order valence-electron chi connectivity index (χ3n) is 4.55. The third kappa shape index (κ3) is 3.57. The van der Waals surface area contributed by atoms with Gasteiger partial charge in [-0.05, 0) is 37.6 Å². The normalized spacial score (nSPS) is 17.6. The summed E-state index contributed by atoms with van der Waals surface area (Å²) in [6.07, 6.45) is 0. The van der Waals surface area contributed by atoms with Gasteiger partial charge >= 0.3 is 0 Å². The summed E-state index contributed by atoms with van der Waals surface area (Å²) in [7, 11) is 0. The van der Waals surface area contributed by atoms with Crippen LogP contribution in [0.25, 0.3) is 0 Å². The predicted molar refractivity (Wildman–Crippen MR) is 80.3 cm³/mol. The van der Waals surface area contributed by atoms with Crippen molar-refractivity contribution in [2.75, 3.05) is 56.5 Å². The molecule has 114 valence electrons. The zero-order valence-electron chi connectivity index (χ0n) is 12.5. The molecule has 4 nitrogen and oxygen atoms in total. The molecule has 0 amide bonds. The van der Waals surface area contributed by atoms with Gasteiger partial charge in [0.25, 0.3) is 0 Å². The summed E-state index contributed by atoms with van der Waals surface area (Å²) in [4.78, 5) is 2.43. The summed E-state index contributed by atoms with van der Waals surface area (Å²) >= 11 is 0. The molecule has 0 radical (unpaired) electrons. The highest BCUT2D eigenvalue weighted by atomic mass is 35.5. The van der Waals surface area contributed by atoms with Gasteiger partial charge in [0.1, 0.15) is 6.54 Å². The molecule has 0 atom stereocenters. The molecule has 0 saturated carbocycles. The Hall–Kier alpha value is -0.970. The van der Waals surface area contributed by atoms with Crippen LogP contribution in [0.4, 0.5) is 11.4 Å². The van der Waals surface area contributed by atoms with Crippen molar-refractivity contribution in [3.63, 3.8) is 0 Å². The maximum atomic E-state index is 9.22. The lowest BCUT2D eigenvalue weighted by molar-refractivity contribution is -0.927. The number of nitrogens with two attached hydrogens (primary N) is 1. The molecule has 0 aliphatic carbocycles. The van der Waals surface area contributed by atoms with E-state index in [1.54, 1.807) is 0 Å². The van der Waals surface area contributed by atoms with Crippen LogP contribution in [-0.4, -0.2) is 55.5 Å². The number of nitrogen functional groups attached to an aromatic ring is 1. The van der Waals surface area contributed by atoms with Gasteiger partial charge < -0.3 is 32.6 Å². The quantitative estimate of drug-likeness (QED) is 0.511. The molecule has 1 aromatic carbocycles. The maximum absolute atomic E-state index is 9.22. The molecule has 1 aliphatic heterocycles. The van der Waals surface area contributed by atoms with Crippen LogP contribution >= 0.6 is 0 Å². The monoisotopic (exact) mass is 299 g/mol. The fourth-order valence-corrected chi connectivity index (χ4v) is 2.91. The highest BCUT2D eigenvalue weighted by Crippen LogP contribution is 2.23. The summed E-state index contributed by atoms with van der Waals surface area (Å²) in [5.74, 6) is 0. The van der Waals surface area contributed by atoms with Gasteiger partial charge in [0, 0.05) is 11.4 Å². The Morgan fingerprint density at radius 3 is 2.45 bits per heavy atom. The number of nitrogens with zero attached hydrogens (tertiary/aromatic N) is 2. The van der Waals surface area contributed by atoms with E-state index in [2.05, 4.69) is 30.9 Å². The van der Waals surface area contributed by atoms with E-state index in [0.717, 1.165) is 55.0 Å². The van der Waals surface area contributed by atoms with Crippen molar-refractivity contribution < 1.29 is 22.0 Å². The van der Waals surface area contributed by atoms with Gasteiger partial charge in [0.05, 0.1) is 39.3 Å². The second-order valence-electron chi connectivity index (χ2n) is 5.58. The molecule has 1 saturated heterocycles. The molecular formula is C15H26ClN3O. The van der Waals surface area contributed by atoms with Crippen LogP contribution < -0.4 is 23.0 Å². The Bertz CT molecular complexity index is 431. The van der Waals surface area contributed by atoms with Gasteiger partial charge in [-0.1, -0.05) is 0 Å². The van der Waals surface area contributed by atoms with Gasteiger partial charge in [0.15, 0.2) is 0 Å². The number of hydrogen-bond donors (Lipinski definition) is 2. The van der Waals surface area contributed by atoms with Gasteiger partial charge in [-0.15, -0.1) is 0 Å². The number of hydrogen-bond acceptors (Lipinski definition) is 3. The van der Waals surface area contributed by atoms with Gasteiger partial charge in [-0.2, -0.15) is 0 Å². The van der Waals surface area contributed by atoms with Gasteiger partial charge in [-0.25, -0.2) is 0 Å². The average molecular weight is 300 g/mol. The van der Waals surface area contributed by atoms with E-state index in [1.165, 1.54) is 5.69 Å². The highest BCUT2D eigenvalue weighted by Gasteiger charge is 2.30. The second kappa shape index (κ2) is 7.16. The molecule has 1 aliphatic rings. The molecular weight excluding hydrogens is 274 g/mol. The SMILES string of the molecule is CC[N+]1(CCO)CCN(c2ccc(N)c(C)c2)CC1.[Cl-]. The van der Waals surface area contributed by atoms with Crippen molar-refractivity contribution in [2.45, 2.75) is 13.8 Å². The number of rotatable bonds is 4. The Kier molecular flexibility index (Phi) is 6.11. The number of likely N-dealkylation sites (N-methyl/N-ethyl adjacent to an activating group) is 1. The number of quaternary nitrogens is 1. The number of aliphatic hydroxyl groups is 1. The average Bonchev–Trinajstić information content (AvgIpc) is 2.43. The van der Waals surface area contributed by atoms with Crippen LogP contribution in [0.3, 0.4) is 0 Å². The Balaban J connectivity index is 0.00000200. The molecule has 1 heterocycles. The molecule has 0 aromatic heterocycles. The summed E-state index contributed by atoms with van der Waals surface area (Å²) in [5.41, 5.74) is 9.15. The van der Waals surface area contributed by atoms with Crippen molar-refractivity contribution in [3.8, 4) is 0 Å². The predicted octanol–water partition coefficient (Wildman–Crippen LogP) is -1.77. The molecule has 2 rings (SSSR count). The molecule has 3 N–H and O–H groups in total. The number of aliphatic hydroxyl groups excluding tert-OH is 1. The van der Waals surface area contributed by atoms with E-state index in [1.807, 2.05) is 6.07 Å². The molecule has 20 heavy (non-hydrogen) atoms. The molecule has 0 bridgehead atoms. The minimum absolute atomic E-state index is 0. The topological polar surface area (TPSA) is 49.5 Å². The molecule has 1 fully saturated rings. The van der Waals surface area contributed by atoms with E-state index in [0.29, 0.717) is 0 Å².